The maximum Gasteiger partial charge on any atom is 0.326 e. The summed E-state index contributed by atoms with van der Waals surface area (Å²) in [7, 11) is 0. The van der Waals surface area contributed by atoms with Crippen molar-refractivity contribution in [3.05, 3.63) is 36.0 Å². The van der Waals surface area contributed by atoms with Crippen molar-refractivity contribution in [3.8, 4) is 0 Å². The molecule has 1 aliphatic rings. The largest absolute Gasteiger partial charge is 0.481 e. The van der Waals surface area contributed by atoms with E-state index in [1.54, 1.807) is 58.2 Å². The highest BCUT2D eigenvalue weighted by Crippen LogP contribution is 2.20. The molecule has 13 atom stereocenters. The van der Waals surface area contributed by atoms with Crippen LogP contribution in [-0.2, 0) is 97.5 Å². The number of aliphatic carboxylic acids is 3. The van der Waals surface area contributed by atoms with Crippen LogP contribution in [-0.4, -0.2) is 294 Å². The SMILES string of the molecule is CC[C@H](C)[C@H](NC(=O)CNC(=O)CNC(=O)CNC(=O)CNC(=O)[C@H](CCC(=O)O)NC(=O)CNC(=O)[C@H](CS)NC(=O)[C@H](Cc1c[nH]c2ccccc12)NC(=O)[C@H](CS)NC(=O)[C@H](CCCNC(=N)N)NC(=O)[C@@H]1CCCN1)C(=O)N[C@H](C(=O)N[C@@H](CCCNC(=N)N)C(=O)N[C@@H](CCCNC(=N)N)C(=O)N[C@@H](C)C(=O)N[C@@H](CC(=O)O)C(=O)O)C(C)C. The Kier molecular flexibility index (Phi) is 46.9. The molecule has 49 nitrogen and oxygen atoms in total. The Bertz CT molecular complexity index is 4110. The number of carboxylic acid groups (broad SMARTS) is 3. The number of nitrogens with two attached hydrogens (primary N) is 3. The molecule has 1 aliphatic heterocycles. The van der Waals surface area contributed by atoms with Crippen molar-refractivity contribution in [2.75, 3.05) is 70.4 Å². The smallest absolute Gasteiger partial charge is 0.326 e. The van der Waals surface area contributed by atoms with Gasteiger partial charge in [-0.15, -0.1) is 0 Å². The second-order valence-corrected chi connectivity index (χ2v) is 29.8. The Hall–Kier alpha value is -12.8. The molecule has 2 aromatic rings. The molecule has 124 heavy (non-hydrogen) atoms. The van der Waals surface area contributed by atoms with Gasteiger partial charge in [0.1, 0.15) is 66.5 Å². The van der Waals surface area contributed by atoms with Crippen LogP contribution in [0.5, 0.6) is 0 Å². The standard InChI is InChI=1S/C73H117N27O22S2/c1-6-36(4)58(69(120)100-57(35(2)3)68(119)94-44(18-12-24-83-73(78)79)64(115)93-42(16-10-22-81-71(74)75)63(114)90-37(5)59(110)96-47(70(121)122)26-56(108)109)99-54(105)31-87-51(102)29-85-50(101)28-86-52(103)30-88-60(111)45(19-20-55(106)107)91-53(104)32-89-61(112)48(33-123)97-66(117)46(25-38-27-84-40-14-8-7-13-39(38)40)95-67(118)49(34-124)98-65(116)43(17-11-23-82-72(76)77)92-62(113)41-15-9-21-80-41/h7-8,13-14,27,35-37,41-49,57-58,80,84,123-124H,6,9-12,15-26,28-34H2,1-5H3,(H,85,101)(H,86,103)(H,87,102)(H,88,111)(H,89,112)(H,90,114)(H,91,104)(H,92,113)(H,93,115)(H,94,119)(H,95,118)(H,96,110)(H,97,117)(H,98,116)(H,99,105)(H,100,120)(H,106,107)(H,108,109)(H,121,122)(H4,74,75,81)(H4,76,77,82)(H4,78,79,83)/t36-,37-,41-,42-,43-,44-,45-,46-,47-,48-,49-,57-,58-/m0/s1. The summed E-state index contributed by atoms with van der Waals surface area (Å²) in [6, 6.07) is -9.77. The molecular formula is C73H117N27O22S2. The zero-order valence-electron chi connectivity index (χ0n) is 69.2. The molecule has 1 aromatic carbocycles. The Morgan fingerprint density at radius 3 is 1.35 bits per heavy atom. The number of benzene rings is 1. The number of carboxylic acids is 3. The second kappa shape index (κ2) is 55.2. The predicted octanol–water partition coefficient (Wildman–Crippen LogP) is -9.83. The first-order valence-electron chi connectivity index (χ1n) is 39.7. The Morgan fingerprint density at radius 1 is 0.452 bits per heavy atom. The first kappa shape index (κ1) is 105. The molecule has 688 valence electrons. The van der Waals surface area contributed by atoms with Crippen LogP contribution in [0, 0.1) is 28.1 Å². The first-order chi connectivity index (χ1) is 58.6. The number of para-hydroxylation sites is 1. The van der Waals surface area contributed by atoms with E-state index in [-0.39, 0.29) is 88.5 Å². The third kappa shape index (κ3) is 39.8. The highest BCUT2D eigenvalue weighted by Gasteiger charge is 2.38. The van der Waals surface area contributed by atoms with Crippen LogP contribution in [0.2, 0.25) is 0 Å². The number of fused-ring (bicyclic) bond motifs is 1. The number of H-pyrrole nitrogens is 1. The summed E-state index contributed by atoms with van der Waals surface area (Å²) < 4.78 is 0. The molecule has 0 unspecified atom stereocenters. The summed E-state index contributed by atoms with van der Waals surface area (Å²) in [5, 5.41) is 100. The van der Waals surface area contributed by atoms with Gasteiger partial charge in [0.15, 0.2) is 17.9 Å². The van der Waals surface area contributed by atoms with E-state index in [4.69, 9.17) is 38.5 Å². The summed E-state index contributed by atoms with van der Waals surface area (Å²) in [5.74, 6) is -22.5. The second-order valence-electron chi connectivity index (χ2n) is 29.1. The van der Waals surface area contributed by atoms with Crippen LogP contribution >= 0.6 is 25.3 Å². The lowest BCUT2D eigenvalue weighted by Gasteiger charge is -2.29. The molecule has 0 bridgehead atoms. The van der Waals surface area contributed by atoms with Gasteiger partial charge in [-0.25, -0.2) is 4.79 Å². The molecule has 16 amide bonds. The Labute approximate surface area is 723 Å². The molecule has 0 aliphatic carbocycles. The van der Waals surface area contributed by atoms with Crippen LogP contribution in [0.4, 0.5) is 0 Å². The highest BCUT2D eigenvalue weighted by atomic mass is 32.1. The third-order valence-electron chi connectivity index (χ3n) is 18.9. The number of guanidine groups is 3. The van der Waals surface area contributed by atoms with Crippen LogP contribution in [0.1, 0.15) is 117 Å². The molecule has 1 aromatic heterocycles. The number of rotatable bonds is 57. The fraction of sp³-hybridized carbons (Fsp3) is 0.589. The number of hydrogen-bond acceptors (Lipinski definition) is 25. The van der Waals surface area contributed by atoms with Gasteiger partial charge in [-0.3, -0.25) is 103 Å². The van der Waals surface area contributed by atoms with Gasteiger partial charge in [0, 0.05) is 61.1 Å². The van der Waals surface area contributed by atoms with Crippen molar-refractivity contribution >= 4 is 166 Å². The lowest BCUT2D eigenvalue weighted by molar-refractivity contribution is -0.147. The minimum atomic E-state index is -1.87. The van der Waals surface area contributed by atoms with Crippen molar-refractivity contribution in [2.45, 2.75) is 191 Å². The molecule has 51 heteroatoms. The Balaban J connectivity index is 1.61. The molecule has 0 spiro atoms. The minimum absolute atomic E-state index is 0.0140. The molecule has 33 N–H and O–H groups in total. The molecule has 0 saturated carbocycles. The summed E-state index contributed by atoms with van der Waals surface area (Å²) in [4.78, 5) is 254. The zero-order valence-corrected chi connectivity index (χ0v) is 71.0. The third-order valence-corrected chi connectivity index (χ3v) is 19.6. The number of carbonyl (C=O) groups excluding carboxylic acids is 16. The van der Waals surface area contributed by atoms with Crippen molar-refractivity contribution in [2.24, 2.45) is 29.0 Å². The lowest BCUT2D eigenvalue weighted by atomic mass is 9.96. The van der Waals surface area contributed by atoms with Gasteiger partial charge >= 0.3 is 17.9 Å². The van der Waals surface area contributed by atoms with Gasteiger partial charge in [0.05, 0.1) is 45.2 Å². The number of hydrogen-bond donors (Lipinski definition) is 32. The van der Waals surface area contributed by atoms with Crippen molar-refractivity contribution in [3.63, 3.8) is 0 Å². The molecule has 1 saturated heterocycles. The predicted molar refractivity (Wildman–Crippen MR) is 451 cm³/mol. The van der Waals surface area contributed by atoms with Crippen LogP contribution in [0.25, 0.3) is 10.9 Å². The number of nitrogens with one attached hydrogen (secondary N) is 24. The summed E-state index contributed by atoms with van der Waals surface area (Å²) in [6.45, 7) is 4.33. The van der Waals surface area contributed by atoms with Gasteiger partial charge in [-0.2, -0.15) is 25.3 Å². The maximum absolute atomic E-state index is 14.3. The van der Waals surface area contributed by atoms with E-state index in [9.17, 15) is 101 Å². The number of thiol groups is 2. The zero-order chi connectivity index (χ0) is 92.9. The number of aromatic nitrogens is 1. The molecule has 0 radical (unpaired) electrons. The van der Waals surface area contributed by atoms with Gasteiger partial charge in [-0.1, -0.05) is 52.3 Å². The van der Waals surface area contributed by atoms with Crippen molar-refractivity contribution in [1.82, 2.24) is 111 Å². The quantitative estimate of drug-likeness (QED) is 0.0127. The van der Waals surface area contributed by atoms with Crippen molar-refractivity contribution < 1.29 is 106 Å². The summed E-state index contributed by atoms with van der Waals surface area (Å²) >= 11 is 8.53. The monoisotopic (exact) mass is 1790 g/mol. The average molecular weight is 1790 g/mol. The number of aromatic amines is 1. The van der Waals surface area contributed by atoms with E-state index in [0.29, 0.717) is 29.4 Å². The molecular weight excluding hydrogens is 1670 g/mol. The van der Waals surface area contributed by atoms with E-state index < -0.39 is 261 Å². The van der Waals surface area contributed by atoms with Crippen LogP contribution in [0.3, 0.4) is 0 Å². The molecule has 3 rings (SSSR count). The Morgan fingerprint density at radius 2 is 0.871 bits per heavy atom. The fourth-order valence-corrected chi connectivity index (χ4v) is 12.4. The normalized spacial score (nSPS) is 15.0. The van der Waals surface area contributed by atoms with E-state index in [2.05, 4.69) is 131 Å². The first-order valence-corrected chi connectivity index (χ1v) is 40.9. The molecule has 1 fully saturated rings. The molecule has 2 heterocycles. The van der Waals surface area contributed by atoms with Gasteiger partial charge < -0.3 is 144 Å². The topological polar surface area (TPSA) is 791 Å². The summed E-state index contributed by atoms with van der Waals surface area (Å²) in [6.07, 6.45) is 0.849. The number of carbonyl (C=O) groups is 19. The van der Waals surface area contributed by atoms with Crippen molar-refractivity contribution in [1.29, 1.82) is 16.2 Å². The van der Waals surface area contributed by atoms with E-state index in [1.807, 2.05) is 5.32 Å². The van der Waals surface area contributed by atoms with Gasteiger partial charge in [0.25, 0.3) is 0 Å². The highest BCUT2D eigenvalue weighted by molar-refractivity contribution is 7.80. The average Bonchev–Trinajstić information content (AvgIpc) is 1.70. The fourth-order valence-electron chi connectivity index (χ4n) is 11.9. The van der Waals surface area contributed by atoms with E-state index in [1.165, 1.54) is 0 Å². The van der Waals surface area contributed by atoms with E-state index >= 15 is 0 Å². The lowest BCUT2D eigenvalue weighted by Crippen LogP contribution is -2.61. The van der Waals surface area contributed by atoms with Crippen LogP contribution < -0.4 is 124 Å². The maximum atomic E-state index is 14.3. The summed E-state index contributed by atoms with van der Waals surface area (Å²) in [5.41, 5.74) is 17.5. The van der Waals surface area contributed by atoms with E-state index in [0.717, 1.165) is 13.3 Å². The van der Waals surface area contributed by atoms with Crippen LogP contribution in [0.15, 0.2) is 30.5 Å². The van der Waals surface area contributed by atoms with Gasteiger partial charge in [0.2, 0.25) is 94.5 Å². The minimum Gasteiger partial charge on any atom is -0.481 e. The number of amides is 16. The van der Waals surface area contributed by atoms with Gasteiger partial charge in [-0.05, 0) is 94.7 Å².